The van der Waals surface area contributed by atoms with E-state index in [1.54, 1.807) is 0 Å². The van der Waals surface area contributed by atoms with Crippen LogP contribution in [0.3, 0.4) is 0 Å². The minimum atomic E-state index is -0.743. The second-order valence-corrected chi connectivity index (χ2v) is 8.38. The zero-order chi connectivity index (χ0) is 21.8. The van der Waals surface area contributed by atoms with Crippen LogP contribution < -0.4 is 0 Å². The molecule has 0 radical (unpaired) electrons. The lowest BCUT2D eigenvalue weighted by molar-refractivity contribution is -0.159. The average Bonchev–Trinajstić information content (AvgIpc) is 2.76. The number of carboxylic acid groups (broad SMARTS) is 1. The van der Waals surface area contributed by atoms with Crippen LogP contribution in [0.15, 0.2) is 12.7 Å². The van der Waals surface area contributed by atoms with Gasteiger partial charge >= 0.3 is 17.9 Å². The first-order chi connectivity index (χ1) is 14.5. The van der Waals surface area contributed by atoms with Crippen LogP contribution >= 0.6 is 0 Å². The summed E-state index contributed by atoms with van der Waals surface area (Å²) in [6.07, 6.45) is 11.0. The number of unbranched alkanes of at least 4 members (excludes halogenated alkanes) is 3. The van der Waals surface area contributed by atoms with E-state index in [9.17, 15) is 14.4 Å². The van der Waals surface area contributed by atoms with Crippen molar-refractivity contribution in [2.45, 2.75) is 89.3 Å². The molecule has 170 valence electrons. The highest BCUT2D eigenvalue weighted by atomic mass is 16.5. The van der Waals surface area contributed by atoms with Gasteiger partial charge in [-0.2, -0.15) is 0 Å². The molecule has 0 unspecified atom stereocenters. The van der Waals surface area contributed by atoms with E-state index < -0.39 is 5.97 Å². The van der Waals surface area contributed by atoms with Gasteiger partial charge in [-0.25, -0.2) is 4.79 Å². The van der Waals surface area contributed by atoms with Gasteiger partial charge < -0.3 is 19.3 Å². The second kappa shape index (κ2) is 13.4. The molecule has 0 bridgehead atoms. The number of esters is 2. The van der Waals surface area contributed by atoms with Crippen LogP contribution in [-0.2, 0) is 28.6 Å². The fourth-order valence-corrected chi connectivity index (χ4v) is 4.19. The molecular formula is C23H36O7. The summed E-state index contributed by atoms with van der Waals surface area (Å²) in [7, 11) is 0. The number of ether oxygens (including phenoxy) is 3. The lowest BCUT2D eigenvalue weighted by atomic mass is 9.86. The van der Waals surface area contributed by atoms with Gasteiger partial charge in [0.25, 0.3) is 0 Å². The van der Waals surface area contributed by atoms with Gasteiger partial charge in [0.05, 0.1) is 24.5 Å². The van der Waals surface area contributed by atoms with Gasteiger partial charge in [-0.15, -0.1) is 0 Å². The molecule has 7 heteroatoms. The quantitative estimate of drug-likeness (QED) is 0.287. The summed E-state index contributed by atoms with van der Waals surface area (Å²) in [6.45, 7) is 4.52. The summed E-state index contributed by atoms with van der Waals surface area (Å²) < 4.78 is 16.5. The molecule has 2 saturated carbocycles. The Hall–Kier alpha value is -1.89. The Morgan fingerprint density at radius 1 is 0.800 bits per heavy atom. The minimum Gasteiger partial charge on any atom is -0.481 e. The second-order valence-electron chi connectivity index (χ2n) is 8.38. The third-order valence-electron chi connectivity index (χ3n) is 6.12. The predicted octanol–water partition coefficient (Wildman–Crippen LogP) is 4.04. The molecule has 0 aromatic carbocycles. The lowest BCUT2D eigenvalue weighted by Crippen LogP contribution is -2.32. The van der Waals surface area contributed by atoms with Crippen LogP contribution in [0, 0.1) is 11.8 Å². The highest BCUT2D eigenvalue weighted by Gasteiger charge is 2.32. The number of hydrogen-bond acceptors (Lipinski definition) is 6. The SMILES string of the molecule is C=CC(=O)OCCCCCCOC1CCC(C(=O)OC2CCC(C(=O)O)CC2)CC1. The molecule has 0 heterocycles. The first-order valence-electron chi connectivity index (χ1n) is 11.3. The van der Waals surface area contributed by atoms with E-state index in [0.717, 1.165) is 58.0 Å². The van der Waals surface area contributed by atoms with Gasteiger partial charge in [-0.1, -0.05) is 13.0 Å². The number of rotatable bonds is 12. The van der Waals surface area contributed by atoms with Crippen LogP contribution in [0.25, 0.3) is 0 Å². The molecule has 0 aromatic rings. The Bertz CT molecular complexity index is 558. The molecule has 2 aliphatic rings. The highest BCUT2D eigenvalue weighted by molar-refractivity contribution is 5.81. The van der Waals surface area contributed by atoms with Crippen molar-refractivity contribution in [3.8, 4) is 0 Å². The van der Waals surface area contributed by atoms with E-state index in [-0.39, 0.29) is 36.0 Å². The van der Waals surface area contributed by atoms with Crippen LogP contribution in [-0.4, -0.2) is 48.4 Å². The highest BCUT2D eigenvalue weighted by Crippen LogP contribution is 2.31. The van der Waals surface area contributed by atoms with Crippen molar-refractivity contribution in [2.24, 2.45) is 11.8 Å². The zero-order valence-electron chi connectivity index (χ0n) is 17.9. The standard InChI is InChI=1S/C23H36O7/c1-2-21(24)29-16-6-4-3-5-15-28-19-11-9-18(10-12-19)23(27)30-20-13-7-17(8-14-20)22(25)26/h2,17-20H,1,3-16H2,(H,25,26). The fourth-order valence-electron chi connectivity index (χ4n) is 4.19. The molecule has 1 N–H and O–H groups in total. The maximum atomic E-state index is 12.4. The lowest BCUT2D eigenvalue weighted by Gasteiger charge is -2.30. The number of carboxylic acids is 1. The fraction of sp³-hybridized carbons (Fsp3) is 0.783. The van der Waals surface area contributed by atoms with Crippen LogP contribution in [0.4, 0.5) is 0 Å². The Morgan fingerprint density at radius 3 is 1.97 bits per heavy atom. The Morgan fingerprint density at radius 2 is 1.37 bits per heavy atom. The first-order valence-corrected chi connectivity index (χ1v) is 11.3. The maximum Gasteiger partial charge on any atom is 0.330 e. The molecule has 0 amide bonds. The van der Waals surface area contributed by atoms with Crippen molar-refractivity contribution in [2.75, 3.05) is 13.2 Å². The topological polar surface area (TPSA) is 99.1 Å². The van der Waals surface area contributed by atoms with Crippen LogP contribution in [0.5, 0.6) is 0 Å². The van der Waals surface area contributed by atoms with Crippen molar-refractivity contribution in [3.05, 3.63) is 12.7 Å². The van der Waals surface area contributed by atoms with Crippen molar-refractivity contribution >= 4 is 17.9 Å². The van der Waals surface area contributed by atoms with Crippen LogP contribution in [0.1, 0.15) is 77.0 Å². The van der Waals surface area contributed by atoms with Crippen molar-refractivity contribution in [1.29, 1.82) is 0 Å². The molecule has 0 aromatic heterocycles. The molecule has 2 rings (SSSR count). The summed E-state index contributed by atoms with van der Waals surface area (Å²) in [5.41, 5.74) is 0. The van der Waals surface area contributed by atoms with Gasteiger partial charge in [-0.05, 0) is 70.6 Å². The maximum absolute atomic E-state index is 12.4. The third-order valence-corrected chi connectivity index (χ3v) is 6.12. The summed E-state index contributed by atoms with van der Waals surface area (Å²) in [4.78, 5) is 34.3. The largest absolute Gasteiger partial charge is 0.481 e. The number of carbonyl (C=O) groups is 3. The molecule has 0 saturated heterocycles. The van der Waals surface area contributed by atoms with Gasteiger partial charge in [-0.3, -0.25) is 9.59 Å². The summed E-state index contributed by atoms with van der Waals surface area (Å²) in [5, 5.41) is 9.05. The van der Waals surface area contributed by atoms with E-state index >= 15 is 0 Å². The average molecular weight is 425 g/mol. The van der Waals surface area contributed by atoms with Crippen molar-refractivity contribution < 1.29 is 33.7 Å². The minimum absolute atomic E-state index is 0.0553. The summed E-state index contributed by atoms with van der Waals surface area (Å²) >= 11 is 0. The Balaban J connectivity index is 1.49. The van der Waals surface area contributed by atoms with Crippen LogP contribution in [0.2, 0.25) is 0 Å². The smallest absolute Gasteiger partial charge is 0.330 e. The molecule has 7 nitrogen and oxygen atoms in total. The number of carbonyl (C=O) groups excluding carboxylic acids is 2. The normalized spacial score (nSPS) is 26.5. The number of aliphatic carboxylic acids is 1. The molecule has 0 aliphatic heterocycles. The van der Waals surface area contributed by atoms with Gasteiger partial charge in [0.1, 0.15) is 6.10 Å². The van der Waals surface area contributed by atoms with Gasteiger partial charge in [0.15, 0.2) is 0 Å². The Labute approximate surface area is 179 Å². The number of hydrogen-bond donors (Lipinski definition) is 1. The van der Waals surface area contributed by atoms with E-state index in [0.29, 0.717) is 32.3 Å². The van der Waals surface area contributed by atoms with Crippen molar-refractivity contribution in [3.63, 3.8) is 0 Å². The first kappa shape index (κ1) is 24.4. The third kappa shape index (κ3) is 8.86. The van der Waals surface area contributed by atoms with E-state index in [1.807, 2.05) is 0 Å². The summed E-state index contributed by atoms with van der Waals surface area (Å²) in [6, 6.07) is 0. The van der Waals surface area contributed by atoms with E-state index in [4.69, 9.17) is 19.3 Å². The summed E-state index contributed by atoms with van der Waals surface area (Å²) in [5.74, 6) is -1.58. The predicted molar refractivity (Wildman–Crippen MR) is 111 cm³/mol. The molecular weight excluding hydrogens is 388 g/mol. The van der Waals surface area contributed by atoms with Gasteiger partial charge in [0.2, 0.25) is 0 Å². The van der Waals surface area contributed by atoms with E-state index in [2.05, 4.69) is 6.58 Å². The molecule has 2 fully saturated rings. The van der Waals surface area contributed by atoms with Crippen molar-refractivity contribution in [1.82, 2.24) is 0 Å². The van der Waals surface area contributed by atoms with E-state index in [1.165, 1.54) is 6.08 Å². The zero-order valence-corrected chi connectivity index (χ0v) is 17.9. The molecule has 0 spiro atoms. The molecule has 2 aliphatic carbocycles. The Kier molecular flexibility index (Phi) is 10.9. The van der Waals surface area contributed by atoms with Gasteiger partial charge in [0, 0.05) is 12.7 Å². The molecule has 0 atom stereocenters. The monoisotopic (exact) mass is 424 g/mol. The molecule has 30 heavy (non-hydrogen) atoms.